The van der Waals surface area contributed by atoms with E-state index in [0.29, 0.717) is 5.70 Å². The minimum absolute atomic E-state index is 0.0753. The lowest BCUT2D eigenvalue weighted by atomic mass is 10.0. The van der Waals surface area contributed by atoms with Gasteiger partial charge < -0.3 is 14.8 Å². The second-order valence-corrected chi connectivity index (χ2v) is 8.49. The van der Waals surface area contributed by atoms with Crippen LogP contribution in [0, 0.1) is 17.5 Å². The molecule has 186 valence electrons. The lowest BCUT2D eigenvalue weighted by Gasteiger charge is -2.21. The lowest BCUT2D eigenvalue weighted by molar-refractivity contribution is 0.349. The van der Waals surface area contributed by atoms with Crippen LogP contribution in [0.3, 0.4) is 0 Å². The molecule has 36 heavy (non-hydrogen) atoms. The molecule has 1 atom stereocenters. The predicted octanol–water partition coefficient (Wildman–Crippen LogP) is 2.04. The third-order valence-electron chi connectivity index (χ3n) is 5.52. The van der Waals surface area contributed by atoms with Gasteiger partial charge in [-0.3, -0.25) is 4.57 Å². The van der Waals surface area contributed by atoms with E-state index >= 15 is 0 Å². The zero-order valence-corrected chi connectivity index (χ0v) is 19.3. The van der Waals surface area contributed by atoms with Gasteiger partial charge in [-0.05, 0) is 35.4 Å². The highest BCUT2D eigenvalue weighted by Crippen LogP contribution is 2.29. The highest BCUT2D eigenvalue weighted by Gasteiger charge is 2.26. The van der Waals surface area contributed by atoms with Crippen LogP contribution in [0.5, 0.6) is 0 Å². The minimum atomic E-state index is -1.64. The number of hydrogen-bond acceptors (Lipinski definition) is 8. The maximum Gasteiger partial charge on any atom is 0.355 e. The molecule has 1 aliphatic carbocycles. The van der Waals surface area contributed by atoms with Crippen molar-refractivity contribution in [2.24, 2.45) is 0 Å². The van der Waals surface area contributed by atoms with Crippen LogP contribution in [0.2, 0.25) is 0 Å². The van der Waals surface area contributed by atoms with Crippen LogP contribution in [0.4, 0.5) is 19.1 Å². The van der Waals surface area contributed by atoms with Crippen LogP contribution >= 0.6 is 11.6 Å². The van der Waals surface area contributed by atoms with Gasteiger partial charge in [-0.2, -0.15) is 4.98 Å². The zero-order valence-electron chi connectivity index (χ0n) is 18.5. The summed E-state index contributed by atoms with van der Waals surface area (Å²) in [4.78, 5) is 30.1. The molecule has 2 aromatic heterocycles. The van der Waals surface area contributed by atoms with Gasteiger partial charge >= 0.3 is 11.4 Å². The molecule has 0 bridgehead atoms. The number of rotatable bonds is 6. The number of nitrogens with one attached hydrogen (secondary N) is 2. The predicted molar refractivity (Wildman–Crippen MR) is 122 cm³/mol. The topological polar surface area (TPSA) is 110 Å². The van der Waals surface area contributed by atoms with Crippen LogP contribution in [0.15, 0.2) is 73.2 Å². The van der Waals surface area contributed by atoms with E-state index in [2.05, 4.69) is 20.9 Å². The van der Waals surface area contributed by atoms with Crippen molar-refractivity contribution in [3.05, 3.63) is 109 Å². The average molecular weight is 520 g/mol. The Balaban J connectivity index is 1.59. The van der Waals surface area contributed by atoms with Gasteiger partial charge in [0, 0.05) is 19.3 Å². The van der Waals surface area contributed by atoms with E-state index in [1.165, 1.54) is 12.3 Å². The van der Waals surface area contributed by atoms with E-state index in [4.69, 9.17) is 16.1 Å². The van der Waals surface area contributed by atoms with Crippen LogP contribution in [-0.2, 0) is 13.1 Å². The summed E-state index contributed by atoms with van der Waals surface area (Å²) >= 11 is 6.41. The number of benzene rings is 1. The molecular weight excluding hydrogens is 503 g/mol. The van der Waals surface area contributed by atoms with E-state index in [-0.39, 0.29) is 34.8 Å². The van der Waals surface area contributed by atoms with Crippen molar-refractivity contribution >= 4 is 17.5 Å². The van der Waals surface area contributed by atoms with Crippen molar-refractivity contribution in [2.45, 2.75) is 19.1 Å². The fourth-order valence-electron chi connectivity index (χ4n) is 3.85. The Morgan fingerprint density at radius 1 is 1.17 bits per heavy atom. The van der Waals surface area contributed by atoms with Gasteiger partial charge in [0.2, 0.25) is 5.95 Å². The van der Waals surface area contributed by atoms with Crippen molar-refractivity contribution in [3.63, 3.8) is 0 Å². The Hall–Kier alpha value is -4.10. The van der Waals surface area contributed by atoms with Crippen LogP contribution < -0.4 is 22.1 Å². The van der Waals surface area contributed by atoms with Gasteiger partial charge in [0.15, 0.2) is 17.5 Å². The number of allylic oxidation sites excluding steroid dienone is 1. The van der Waals surface area contributed by atoms with Gasteiger partial charge in [-0.1, -0.05) is 16.8 Å². The lowest BCUT2D eigenvalue weighted by Crippen LogP contribution is -2.43. The van der Waals surface area contributed by atoms with Crippen LogP contribution in [-0.4, -0.2) is 37.4 Å². The molecule has 0 saturated heterocycles. The molecule has 5 rings (SSSR count). The summed E-state index contributed by atoms with van der Waals surface area (Å²) in [5.41, 5.74) is 2.76. The molecule has 2 N–H and O–H groups in total. The van der Waals surface area contributed by atoms with Crippen molar-refractivity contribution in [2.75, 3.05) is 12.4 Å². The highest BCUT2D eigenvalue weighted by molar-refractivity contribution is 6.32. The van der Waals surface area contributed by atoms with Gasteiger partial charge in [0.05, 0.1) is 29.9 Å². The monoisotopic (exact) mass is 519 g/mol. The first-order valence-electron chi connectivity index (χ1n) is 10.5. The zero-order chi connectivity index (χ0) is 25.6. The molecule has 10 nitrogen and oxygen atoms in total. The third kappa shape index (κ3) is 4.45. The second-order valence-electron chi connectivity index (χ2n) is 8.08. The quantitative estimate of drug-likeness (QED) is 0.476. The first-order chi connectivity index (χ1) is 17.2. The smallest absolute Gasteiger partial charge is 0.355 e. The van der Waals surface area contributed by atoms with Gasteiger partial charge in [-0.25, -0.2) is 32.8 Å². The standard InChI is InChI=1S/C22H17ClF3N7O3/c1-31-9-12-6-18(14(23)7-17(12)29-31)27-20-28-21(34)33(10-13-2-3-36-30-13)22(35)32(20)8-11-4-15(24)19(26)16(25)5-11/h2-7,9,17,29H,8,10H2,1H3,(H,27,28,34). The van der Waals surface area contributed by atoms with Crippen molar-refractivity contribution in [1.29, 1.82) is 0 Å². The normalized spacial score (nSPS) is 17.0. The van der Waals surface area contributed by atoms with E-state index in [9.17, 15) is 22.8 Å². The number of nitrogens with zero attached hydrogens (tertiary/aromatic N) is 5. The highest BCUT2D eigenvalue weighted by atomic mass is 35.5. The first-order valence-corrected chi connectivity index (χ1v) is 10.9. The van der Waals surface area contributed by atoms with Gasteiger partial charge in [0.25, 0.3) is 0 Å². The number of halogens is 4. The van der Waals surface area contributed by atoms with Crippen molar-refractivity contribution in [1.82, 2.24) is 29.7 Å². The van der Waals surface area contributed by atoms with Gasteiger partial charge in [-0.15, -0.1) is 0 Å². The van der Waals surface area contributed by atoms with E-state index in [1.54, 1.807) is 17.2 Å². The molecule has 0 spiro atoms. The fourth-order valence-corrected chi connectivity index (χ4v) is 4.08. The van der Waals surface area contributed by atoms with Gasteiger partial charge in [0.1, 0.15) is 12.0 Å². The number of anilines is 1. The maximum atomic E-state index is 13.9. The molecule has 3 aromatic rings. The summed E-state index contributed by atoms with van der Waals surface area (Å²) in [5, 5.41) is 8.59. The Bertz CT molecular complexity index is 1540. The molecule has 0 amide bonds. The molecule has 14 heteroatoms. The SMILES string of the molecule is CN1C=C2C=C(Nc3nc(=O)n(Cc4ccon4)c(=O)n3Cc3cc(F)c(F)c(F)c3)C(Cl)=CC2N1. The molecule has 0 radical (unpaired) electrons. The molecule has 0 saturated carbocycles. The molecular formula is C22H17ClF3N7O3. The summed E-state index contributed by atoms with van der Waals surface area (Å²) in [5.74, 6) is -4.72. The Labute approximate surface area is 205 Å². The summed E-state index contributed by atoms with van der Waals surface area (Å²) in [7, 11) is 1.81. The number of fused-ring (bicyclic) bond motifs is 1. The number of aromatic nitrogens is 4. The summed E-state index contributed by atoms with van der Waals surface area (Å²) in [6.45, 7) is -0.699. The maximum absolute atomic E-state index is 13.9. The Morgan fingerprint density at radius 2 is 1.92 bits per heavy atom. The molecule has 0 fully saturated rings. The van der Waals surface area contributed by atoms with Crippen molar-refractivity contribution < 1.29 is 17.7 Å². The van der Waals surface area contributed by atoms with E-state index in [0.717, 1.165) is 26.8 Å². The second kappa shape index (κ2) is 9.17. The summed E-state index contributed by atoms with van der Waals surface area (Å²) in [6.07, 6.45) is 6.52. The Morgan fingerprint density at radius 3 is 2.61 bits per heavy atom. The minimum Gasteiger partial charge on any atom is -0.364 e. The molecule has 2 aliphatic rings. The molecule has 1 aromatic carbocycles. The van der Waals surface area contributed by atoms with Crippen LogP contribution in [0.25, 0.3) is 0 Å². The molecule has 1 unspecified atom stereocenters. The van der Waals surface area contributed by atoms with E-state index in [1.807, 2.05) is 13.2 Å². The van der Waals surface area contributed by atoms with Crippen LogP contribution in [0.1, 0.15) is 11.3 Å². The molecule has 3 heterocycles. The molecule has 1 aliphatic heterocycles. The van der Waals surface area contributed by atoms with E-state index < -0.39 is 35.4 Å². The van der Waals surface area contributed by atoms with Crippen molar-refractivity contribution in [3.8, 4) is 0 Å². The number of hydrazine groups is 1. The summed E-state index contributed by atoms with van der Waals surface area (Å²) < 4.78 is 47.7. The number of hydrogen-bond donors (Lipinski definition) is 2. The summed E-state index contributed by atoms with van der Waals surface area (Å²) in [6, 6.07) is 2.80. The average Bonchev–Trinajstić information content (AvgIpc) is 3.46. The fraction of sp³-hybridized carbons (Fsp3) is 0.182. The largest absolute Gasteiger partial charge is 0.364 e. The third-order valence-corrected chi connectivity index (χ3v) is 5.85. The Kier molecular flexibility index (Phi) is 6.02. The first kappa shape index (κ1) is 23.6.